The molecular formula is C10H6BrCl2N3O. The summed E-state index contributed by atoms with van der Waals surface area (Å²) in [7, 11) is 1.54. The van der Waals surface area contributed by atoms with Crippen molar-refractivity contribution < 1.29 is 4.74 Å². The van der Waals surface area contributed by atoms with Crippen LogP contribution in [0.5, 0.6) is 5.88 Å². The zero-order chi connectivity index (χ0) is 12.4. The van der Waals surface area contributed by atoms with E-state index in [2.05, 4.69) is 30.9 Å². The van der Waals surface area contributed by atoms with Crippen LogP contribution in [0.2, 0.25) is 10.3 Å². The molecule has 0 N–H and O–H groups in total. The largest absolute Gasteiger partial charge is 0.481 e. The molecule has 2 rings (SSSR count). The lowest BCUT2D eigenvalue weighted by atomic mass is 10.3. The Bertz CT molecular complexity index is 542. The van der Waals surface area contributed by atoms with Crippen LogP contribution in [0.4, 0.5) is 0 Å². The van der Waals surface area contributed by atoms with Crippen molar-refractivity contribution in [3.63, 3.8) is 0 Å². The summed E-state index contributed by atoms with van der Waals surface area (Å²) in [6.45, 7) is 0. The Morgan fingerprint density at radius 2 is 1.76 bits per heavy atom. The van der Waals surface area contributed by atoms with Crippen LogP contribution >= 0.6 is 39.1 Å². The second-order valence-electron chi connectivity index (χ2n) is 3.01. The minimum Gasteiger partial charge on any atom is -0.481 e. The van der Waals surface area contributed by atoms with Crippen LogP contribution in [-0.2, 0) is 0 Å². The predicted octanol–water partition coefficient (Wildman–Crippen LogP) is 3.62. The Kier molecular flexibility index (Phi) is 3.81. The monoisotopic (exact) mass is 333 g/mol. The molecule has 2 heterocycles. The second-order valence-corrected chi connectivity index (χ2v) is 4.52. The van der Waals surface area contributed by atoms with Crippen molar-refractivity contribution in [2.45, 2.75) is 0 Å². The average molecular weight is 335 g/mol. The smallest absolute Gasteiger partial charge is 0.213 e. The summed E-state index contributed by atoms with van der Waals surface area (Å²) in [5.41, 5.74) is 0.542. The average Bonchev–Trinajstić information content (AvgIpc) is 2.35. The molecule has 0 spiro atoms. The lowest BCUT2D eigenvalue weighted by molar-refractivity contribution is 0.398. The van der Waals surface area contributed by atoms with Gasteiger partial charge in [-0.1, -0.05) is 29.3 Å². The Labute approximate surface area is 116 Å². The summed E-state index contributed by atoms with van der Waals surface area (Å²) in [6.07, 6.45) is 0. The van der Waals surface area contributed by atoms with Gasteiger partial charge in [0.1, 0.15) is 16.0 Å². The zero-order valence-corrected chi connectivity index (χ0v) is 11.7. The highest BCUT2D eigenvalue weighted by Crippen LogP contribution is 2.29. The molecule has 0 aliphatic heterocycles. The molecule has 0 radical (unpaired) electrons. The van der Waals surface area contributed by atoms with Gasteiger partial charge in [0.25, 0.3) is 0 Å². The first-order valence-electron chi connectivity index (χ1n) is 4.51. The first kappa shape index (κ1) is 12.5. The van der Waals surface area contributed by atoms with E-state index in [9.17, 15) is 0 Å². The predicted molar refractivity (Wildman–Crippen MR) is 69.5 cm³/mol. The Hall–Kier alpha value is -0.910. The molecule has 2 aromatic heterocycles. The van der Waals surface area contributed by atoms with Crippen LogP contribution < -0.4 is 4.74 Å². The third-order valence-corrected chi connectivity index (χ3v) is 3.69. The molecule has 0 aliphatic carbocycles. The maximum atomic E-state index is 5.90. The summed E-state index contributed by atoms with van der Waals surface area (Å²) in [4.78, 5) is 12.4. The normalized spacial score (nSPS) is 10.4. The van der Waals surface area contributed by atoms with Crippen molar-refractivity contribution in [1.82, 2.24) is 15.0 Å². The van der Waals surface area contributed by atoms with Crippen molar-refractivity contribution in [3.05, 3.63) is 33.0 Å². The molecule has 17 heavy (non-hydrogen) atoms. The number of ether oxygens (including phenoxy) is 1. The van der Waals surface area contributed by atoms with Gasteiger partial charge in [-0.15, -0.1) is 0 Å². The molecule has 0 saturated carbocycles. The second kappa shape index (κ2) is 5.16. The molecule has 0 aromatic carbocycles. The quantitative estimate of drug-likeness (QED) is 0.787. The zero-order valence-electron chi connectivity index (χ0n) is 8.62. The summed E-state index contributed by atoms with van der Waals surface area (Å²) in [5.74, 6) is 0.823. The van der Waals surface area contributed by atoms with Gasteiger partial charge in [0.2, 0.25) is 5.88 Å². The van der Waals surface area contributed by atoms with Crippen molar-refractivity contribution >= 4 is 39.1 Å². The molecule has 0 fully saturated rings. The number of nitrogens with zero attached hydrogens (tertiary/aromatic N) is 3. The lowest BCUT2D eigenvalue weighted by Gasteiger charge is -2.04. The van der Waals surface area contributed by atoms with Crippen LogP contribution in [0.1, 0.15) is 0 Å². The van der Waals surface area contributed by atoms with Crippen LogP contribution in [0.25, 0.3) is 11.5 Å². The third-order valence-electron chi connectivity index (χ3n) is 1.93. The highest BCUT2D eigenvalue weighted by Gasteiger charge is 2.11. The van der Waals surface area contributed by atoms with Gasteiger partial charge in [0, 0.05) is 6.07 Å². The van der Waals surface area contributed by atoms with Crippen molar-refractivity contribution in [3.8, 4) is 17.4 Å². The topological polar surface area (TPSA) is 47.9 Å². The van der Waals surface area contributed by atoms with Gasteiger partial charge in [-0.2, -0.15) is 0 Å². The molecule has 7 heteroatoms. The number of hydrogen-bond donors (Lipinski definition) is 0. The fraction of sp³-hybridized carbons (Fsp3) is 0.100. The van der Waals surface area contributed by atoms with Gasteiger partial charge in [0.15, 0.2) is 5.82 Å². The van der Waals surface area contributed by atoms with E-state index >= 15 is 0 Å². The van der Waals surface area contributed by atoms with Crippen LogP contribution in [-0.4, -0.2) is 22.1 Å². The number of hydrogen-bond acceptors (Lipinski definition) is 4. The fourth-order valence-electron chi connectivity index (χ4n) is 1.16. The van der Waals surface area contributed by atoms with Crippen LogP contribution in [0.15, 0.2) is 22.7 Å². The molecule has 0 atom stereocenters. The summed E-state index contributed by atoms with van der Waals surface area (Å²) in [6, 6.07) is 5.26. The Morgan fingerprint density at radius 1 is 1.12 bits per heavy atom. The maximum Gasteiger partial charge on any atom is 0.213 e. The Morgan fingerprint density at radius 3 is 2.35 bits per heavy atom. The molecule has 0 amide bonds. The van der Waals surface area contributed by atoms with Crippen molar-refractivity contribution in [2.24, 2.45) is 0 Å². The molecule has 0 aliphatic rings. The van der Waals surface area contributed by atoms with Gasteiger partial charge in [-0.25, -0.2) is 15.0 Å². The molecule has 88 valence electrons. The molecular weight excluding hydrogens is 329 g/mol. The van der Waals surface area contributed by atoms with E-state index in [-0.39, 0.29) is 10.3 Å². The third kappa shape index (κ3) is 2.68. The maximum absolute atomic E-state index is 5.90. The van der Waals surface area contributed by atoms with Gasteiger partial charge in [0.05, 0.1) is 11.6 Å². The molecule has 4 nitrogen and oxygen atoms in total. The standard InChI is InChI=1S/C10H6BrCl2N3O/c1-17-6-4-2-3-5(14-6)10-15-8(12)7(11)9(13)16-10/h2-4H,1H3. The van der Waals surface area contributed by atoms with Gasteiger partial charge in [-0.3, -0.25) is 0 Å². The molecule has 2 aromatic rings. The highest BCUT2D eigenvalue weighted by molar-refractivity contribution is 9.10. The number of methoxy groups -OCH3 is 1. The van der Waals surface area contributed by atoms with E-state index in [1.54, 1.807) is 18.2 Å². The van der Waals surface area contributed by atoms with E-state index in [1.165, 1.54) is 7.11 Å². The first-order chi connectivity index (χ1) is 8.11. The number of rotatable bonds is 2. The van der Waals surface area contributed by atoms with Gasteiger partial charge < -0.3 is 4.74 Å². The van der Waals surface area contributed by atoms with Crippen molar-refractivity contribution in [1.29, 1.82) is 0 Å². The van der Waals surface area contributed by atoms with E-state index in [1.807, 2.05) is 0 Å². The molecule has 0 bridgehead atoms. The lowest BCUT2D eigenvalue weighted by Crippen LogP contribution is -1.95. The van der Waals surface area contributed by atoms with Gasteiger partial charge in [-0.05, 0) is 22.0 Å². The summed E-state index contributed by atoms with van der Waals surface area (Å²) >= 11 is 15.0. The Balaban J connectivity index is 2.52. The van der Waals surface area contributed by atoms with Crippen LogP contribution in [0.3, 0.4) is 0 Å². The highest BCUT2D eigenvalue weighted by atomic mass is 79.9. The molecule has 0 unspecified atom stereocenters. The number of halogens is 3. The van der Waals surface area contributed by atoms with E-state index in [4.69, 9.17) is 27.9 Å². The van der Waals surface area contributed by atoms with E-state index in [0.717, 1.165) is 0 Å². The minimum absolute atomic E-state index is 0.240. The van der Waals surface area contributed by atoms with Crippen LogP contribution in [0, 0.1) is 0 Å². The van der Waals surface area contributed by atoms with Gasteiger partial charge >= 0.3 is 0 Å². The first-order valence-corrected chi connectivity index (χ1v) is 6.06. The van der Waals surface area contributed by atoms with Crippen molar-refractivity contribution in [2.75, 3.05) is 7.11 Å². The minimum atomic E-state index is 0.240. The number of aromatic nitrogens is 3. The fourth-order valence-corrected chi connectivity index (χ4v) is 1.73. The summed E-state index contributed by atoms with van der Waals surface area (Å²) in [5, 5.41) is 0.481. The van der Waals surface area contributed by atoms with E-state index in [0.29, 0.717) is 21.9 Å². The van der Waals surface area contributed by atoms with E-state index < -0.39 is 0 Å². The molecule has 0 saturated heterocycles. The summed E-state index contributed by atoms with van der Waals surface area (Å²) < 4.78 is 5.48. The number of pyridine rings is 1. The SMILES string of the molecule is COc1cccc(-c2nc(Cl)c(Br)c(Cl)n2)n1.